The lowest BCUT2D eigenvalue weighted by Gasteiger charge is -2.39. The van der Waals surface area contributed by atoms with Crippen LogP contribution in [0.1, 0.15) is 110 Å². The van der Waals surface area contributed by atoms with Gasteiger partial charge in [0.2, 0.25) is 23.6 Å². The van der Waals surface area contributed by atoms with Gasteiger partial charge in [0.25, 0.3) is 0 Å². The van der Waals surface area contributed by atoms with E-state index in [4.69, 9.17) is 0 Å². The Bertz CT molecular complexity index is 1520. The molecule has 1 aromatic carbocycles. The molecule has 0 aliphatic carbocycles. The number of hydrogen-bond donors (Lipinski definition) is 3. The first-order chi connectivity index (χ1) is 22.6. The molecule has 11 nitrogen and oxygen atoms in total. The summed E-state index contributed by atoms with van der Waals surface area (Å²) in [6.45, 7) is 8.60. The number of piperidine rings is 1. The number of carbonyl (C=O) groups excluding carboxylic acids is 5. The first-order valence-electron chi connectivity index (χ1n) is 17.5. The highest BCUT2D eigenvalue weighted by Crippen LogP contribution is 2.24. The summed E-state index contributed by atoms with van der Waals surface area (Å²) in [5.74, 6) is -2.05. The van der Waals surface area contributed by atoms with Crippen molar-refractivity contribution in [2.75, 3.05) is 6.54 Å². The van der Waals surface area contributed by atoms with Gasteiger partial charge in [-0.15, -0.1) is 0 Å². The van der Waals surface area contributed by atoms with Crippen LogP contribution < -0.4 is 21.4 Å². The Balaban J connectivity index is 1.77. The number of Topliss-reactive ketones (excluding diaryl/α,β-unsaturated/α-hetero) is 1. The van der Waals surface area contributed by atoms with Crippen LogP contribution >= 0.6 is 0 Å². The van der Waals surface area contributed by atoms with Crippen LogP contribution in [0.2, 0.25) is 0 Å². The van der Waals surface area contributed by atoms with E-state index in [-0.39, 0.29) is 35.0 Å². The van der Waals surface area contributed by atoms with Gasteiger partial charge < -0.3 is 25.4 Å². The van der Waals surface area contributed by atoms with Crippen molar-refractivity contribution in [3.8, 4) is 0 Å². The molecule has 2 aromatic rings. The van der Waals surface area contributed by atoms with Gasteiger partial charge in [0.1, 0.15) is 30.0 Å². The Morgan fingerprint density at radius 3 is 2.40 bits per heavy atom. The highest BCUT2D eigenvalue weighted by atomic mass is 16.2. The molecule has 0 bridgehead atoms. The zero-order chi connectivity index (χ0) is 34.1. The minimum atomic E-state index is -1.40. The van der Waals surface area contributed by atoms with Gasteiger partial charge in [-0.05, 0) is 56.6 Å². The first-order valence-corrected chi connectivity index (χ1v) is 17.5. The monoisotopic (exact) mass is 649 g/mol. The number of aromatic nitrogens is 1. The van der Waals surface area contributed by atoms with Gasteiger partial charge in [0.15, 0.2) is 5.43 Å². The van der Waals surface area contributed by atoms with E-state index >= 15 is 0 Å². The van der Waals surface area contributed by atoms with Crippen LogP contribution in [0.4, 0.5) is 0 Å². The summed E-state index contributed by atoms with van der Waals surface area (Å²) in [4.78, 5) is 83.6. The summed E-state index contributed by atoms with van der Waals surface area (Å²) < 4.78 is 1.91. The van der Waals surface area contributed by atoms with Crippen LogP contribution in [0, 0.1) is 5.92 Å². The summed E-state index contributed by atoms with van der Waals surface area (Å²) in [5.41, 5.74) is 0.428. The Kier molecular flexibility index (Phi) is 12.7. The van der Waals surface area contributed by atoms with Crippen molar-refractivity contribution in [1.82, 2.24) is 25.4 Å². The second-order valence-electron chi connectivity index (χ2n) is 13.0. The number of fused-ring (bicyclic) bond motifs is 2. The van der Waals surface area contributed by atoms with Crippen molar-refractivity contribution in [2.45, 2.75) is 129 Å². The summed E-state index contributed by atoms with van der Waals surface area (Å²) in [6, 6.07) is 3.06. The number of nitrogens with zero attached hydrogens (tertiary/aromatic N) is 2. The molecule has 47 heavy (non-hydrogen) atoms. The summed E-state index contributed by atoms with van der Waals surface area (Å²) in [6.07, 6.45) is 8.09. The van der Waals surface area contributed by atoms with Crippen molar-refractivity contribution < 1.29 is 24.0 Å². The van der Waals surface area contributed by atoms with E-state index < -0.39 is 41.9 Å². The molecular formula is C36H51N5O6. The number of ketones is 1. The standard InChI is InChI=1S/C36H51N5O6/c1-5-20-40-22-26(32(43)25-16-11-12-18-28(25)40)31-35(46)38-30(23(4)6-2)36(47)41-21-14-13-19-29(41)34(45)37-27(33(44)39-31)17-10-8-9-15-24(42)7-3/h11-12,16,18,22-23,27,29-31H,5-10,13-15,17,19-21H2,1-4H3,(H,37,45)(H,38,46)(H,39,44)/t23-,27+,29-,30+,31+/m1/s1. The van der Waals surface area contributed by atoms with Crippen LogP contribution in [-0.4, -0.2) is 63.5 Å². The number of carbonyl (C=O) groups is 5. The minimum Gasteiger partial charge on any atom is -0.347 e. The number of amides is 4. The van der Waals surface area contributed by atoms with Crippen LogP contribution in [0.25, 0.3) is 10.9 Å². The number of rotatable bonds is 12. The van der Waals surface area contributed by atoms with Gasteiger partial charge in [-0.25, -0.2) is 0 Å². The second kappa shape index (κ2) is 16.7. The molecule has 256 valence electrons. The van der Waals surface area contributed by atoms with Gasteiger partial charge >= 0.3 is 0 Å². The van der Waals surface area contributed by atoms with Gasteiger partial charge in [0, 0.05) is 43.1 Å². The van der Waals surface area contributed by atoms with Crippen molar-refractivity contribution in [3.63, 3.8) is 0 Å². The van der Waals surface area contributed by atoms with Crippen LogP contribution in [0.3, 0.4) is 0 Å². The van der Waals surface area contributed by atoms with Crippen LogP contribution in [-0.2, 0) is 30.5 Å². The predicted octanol–water partition coefficient (Wildman–Crippen LogP) is 3.91. The molecule has 11 heteroatoms. The van der Waals surface area contributed by atoms with E-state index in [1.165, 1.54) is 0 Å². The van der Waals surface area contributed by atoms with Crippen molar-refractivity contribution in [3.05, 3.63) is 46.2 Å². The van der Waals surface area contributed by atoms with E-state index in [1.54, 1.807) is 23.2 Å². The lowest BCUT2D eigenvalue weighted by atomic mass is 9.93. The highest BCUT2D eigenvalue weighted by molar-refractivity contribution is 5.98. The fourth-order valence-electron chi connectivity index (χ4n) is 6.65. The summed E-state index contributed by atoms with van der Waals surface area (Å²) in [5, 5.41) is 9.06. The van der Waals surface area contributed by atoms with E-state index in [0.29, 0.717) is 63.4 Å². The van der Waals surface area contributed by atoms with E-state index in [0.717, 1.165) is 24.8 Å². The Morgan fingerprint density at radius 2 is 1.68 bits per heavy atom. The quantitative estimate of drug-likeness (QED) is 0.297. The number of unbranched alkanes of at least 4 members (excludes halogenated alkanes) is 2. The topological polar surface area (TPSA) is 147 Å². The molecule has 4 rings (SSSR count). The molecule has 1 aromatic heterocycles. The number of pyridine rings is 1. The predicted molar refractivity (Wildman–Crippen MR) is 180 cm³/mol. The molecule has 0 spiro atoms. The molecule has 2 fully saturated rings. The smallest absolute Gasteiger partial charge is 0.248 e. The van der Waals surface area contributed by atoms with Crippen molar-refractivity contribution in [1.29, 1.82) is 0 Å². The molecule has 3 N–H and O–H groups in total. The third kappa shape index (κ3) is 8.48. The molecule has 4 amide bonds. The molecule has 2 aliphatic heterocycles. The average Bonchev–Trinajstić information content (AvgIpc) is 3.08. The fourth-order valence-corrected chi connectivity index (χ4v) is 6.65. The zero-order valence-corrected chi connectivity index (χ0v) is 28.3. The largest absolute Gasteiger partial charge is 0.347 e. The van der Waals surface area contributed by atoms with Crippen molar-refractivity contribution in [2.24, 2.45) is 5.92 Å². The molecule has 0 radical (unpaired) electrons. The number of nitrogens with one attached hydrogen (secondary N) is 3. The lowest BCUT2D eigenvalue weighted by molar-refractivity contribution is -0.147. The number of benzene rings is 1. The molecule has 0 saturated carbocycles. The van der Waals surface area contributed by atoms with Gasteiger partial charge in [-0.1, -0.05) is 59.1 Å². The summed E-state index contributed by atoms with van der Waals surface area (Å²) >= 11 is 0. The molecule has 5 atom stereocenters. The SMILES string of the molecule is CCCn1cc([C@@H]2NC(=O)[C@H](CCCCCC(=O)CC)NC(=O)[C@H]3CCCCN3C(=O)[C@H]([C@H](C)CC)NC2=O)c(=O)c2ccccc21. The summed E-state index contributed by atoms with van der Waals surface area (Å²) in [7, 11) is 0. The average molecular weight is 650 g/mol. The number of aryl methyl sites for hydroxylation is 1. The molecule has 0 unspecified atom stereocenters. The van der Waals surface area contributed by atoms with E-state index in [9.17, 15) is 28.8 Å². The molecule has 2 saturated heterocycles. The highest BCUT2D eigenvalue weighted by Gasteiger charge is 2.41. The molecular weight excluding hydrogens is 598 g/mol. The Labute approximate surface area is 277 Å². The third-order valence-corrected chi connectivity index (χ3v) is 9.68. The molecule has 3 heterocycles. The van der Waals surface area contributed by atoms with Gasteiger partial charge in [0.05, 0.1) is 5.52 Å². The Morgan fingerprint density at radius 1 is 0.915 bits per heavy atom. The minimum absolute atomic E-state index is 0.0920. The van der Waals surface area contributed by atoms with Gasteiger partial charge in [-0.3, -0.25) is 28.8 Å². The van der Waals surface area contributed by atoms with Crippen LogP contribution in [0.15, 0.2) is 35.3 Å². The normalized spacial score (nSPS) is 23.2. The van der Waals surface area contributed by atoms with Crippen LogP contribution in [0.5, 0.6) is 0 Å². The molecule has 2 aliphatic rings. The third-order valence-electron chi connectivity index (χ3n) is 9.68. The number of para-hydroxylation sites is 1. The number of hydrogen-bond acceptors (Lipinski definition) is 6. The van der Waals surface area contributed by atoms with E-state index in [2.05, 4.69) is 16.0 Å². The maximum atomic E-state index is 14.3. The van der Waals surface area contributed by atoms with E-state index in [1.807, 2.05) is 44.4 Å². The maximum Gasteiger partial charge on any atom is 0.248 e. The van der Waals surface area contributed by atoms with Crippen molar-refractivity contribution >= 4 is 40.3 Å². The fraction of sp³-hybridized carbons (Fsp3) is 0.611. The maximum absolute atomic E-state index is 14.3. The van der Waals surface area contributed by atoms with Gasteiger partial charge in [-0.2, -0.15) is 0 Å². The lowest BCUT2D eigenvalue weighted by Crippen LogP contribution is -2.63. The first kappa shape index (κ1) is 35.8. The zero-order valence-electron chi connectivity index (χ0n) is 28.3. The Hall–Kier alpha value is -4.02. The second-order valence-corrected chi connectivity index (χ2v) is 13.0.